The Kier molecular flexibility index (Phi) is 4.43. The zero-order valence-corrected chi connectivity index (χ0v) is 12.3. The molecule has 1 fully saturated rings. The minimum atomic E-state index is -3.52. The molecule has 6 heteroatoms. The van der Waals surface area contributed by atoms with Crippen molar-refractivity contribution in [3.8, 4) is 6.07 Å². The average Bonchev–Trinajstić information content (AvgIpc) is 3.25. The van der Waals surface area contributed by atoms with Crippen LogP contribution in [0.4, 0.5) is 0 Å². The molecule has 0 radical (unpaired) electrons. The monoisotopic (exact) mass is 293 g/mol. The van der Waals surface area contributed by atoms with Gasteiger partial charge < -0.3 is 5.73 Å². The summed E-state index contributed by atoms with van der Waals surface area (Å²) in [6.45, 7) is 0.340. The van der Waals surface area contributed by atoms with E-state index >= 15 is 0 Å². The zero-order chi connectivity index (χ0) is 14.8. The van der Waals surface area contributed by atoms with Crippen molar-refractivity contribution >= 4 is 10.0 Å². The molecule has 1 unspecified atom stereocenters. The topological polar surface area (TPSA) is 87.2 Å². The number of hydrogen-bond donors (Lipinski definition) is 1. The van der Waals surface area contributed by atoms with Gasteiger partial charge in [0.15, 0.2) is 0 Å². The largest absolute Gasteiger partial charge is 0.329 e. The summed E-state index contributed by atoms with van der Waals surface area (Å²) < 4.78 is 26.5. The molecule has 1 aliphatic carbocycles. The standard InChI is InChI=1S/C14H19N3O2S/c1-17(14(10-16)12-4-5-12)20(18,19)13-6-2-11(3-7-13)8-9-15/h2-3,6-7,12,14H,4-5,8,10,16H2,1H3. The first-order valence-electron chi connectivity index (χ1n) is 6.64. The fourth-order valence-corrected chi connectivity index (χ4v) is 3.76. The lowest BCUT2D eigenvalue weighted by molar-refractivity contribution is 0.340. The van der Waals surface area contributed by atoms with E-state index in [0.717, 1.165) is 18.4 Å². The molecule has 108 valence electrons. The second-order valence-electron chi connectivity index (χ2n) is 5.14. The summed E-state index contributed by atoms with van der Waals surface area (Å²) in [5.41, 5.74) is 6.52. The van der Waals surface area contributed by atoms with Crippen LogP contribution in [0.2, 0.25) is 0 Å². The quantitative estimate of drug-likeness (QED) is 0.851. The van der Waals surface area contributed by atoms with Crippen LogP contribution in [-0.2, 0) is 16.4 Å². The van der Waals surface area contributed by atoms with Gasteiger partial charge in [-0.25, -0.2) is 8.42 Å². The van der Waals surface area contributed by atoms with Crippen LogP contribution >= 0.6 is 0 Å². The minimum Gasteiger partial charge on any atom is -0.329 e. The second-order valence-corrected chi connectivity index (χ2v) is 7.14. The predicted molar refractivity (Wildman–Crippen MR) is 76.3 cm³/mol. The van der Waals surface area contributed by atoms with Crippen LogP contribution in [0.1, 0.15) is 18.4 Å². The van der Waals surface area contributed by atoms with Crippen molar-refractivity contribution in [3.63, 3.8) is 0 Å². The van der Waals surface area contributed by atoms with E-state index in [9.17, 15) is 8.42 Å². The maximum atomic E-state index is 12.5. The van der Waals surface area contributed by atoms with Crippen molar-refractivity contribution in [2.75, 3.05) is 13.6 Å². The number of nitriles is 1. The first kappa shape index (κ1) is 15.0. The summed E-state index contributed by atoms with van der Waals surface area (Å²) >= 11 is 0. The van der Waals surface area contributed by atoms with Crippen LogP contribution in [0, 0.1) is 17.2 Å². The number of nitrogens with two attached hydrogens (primary N) is 1. The highest BCUT2D eigenvalue weighted by atomic mass is 32.2. The van der Waals surface area contributed by atoms with Crippen LogP contribution in [0.25, 0.3) is 0 Å². The number of benzene rings is 1. The molecule has 0 saturated heterocycles. The number of hydrogen-bond acceptors (Lipinski definition) is 4. The second kappa shape index (κ2) is 5.92. The highest BCUT2D eigenvalue weighted by molar-refractivity contribution is 7.89. The highest BCUT2D eigenvalue weighted by Crippen LogP contribution is 2.36. The third kappa shape index (κ3) is 3.01. The van der Waals surface area contributed by atoms with E-state index in [0.29, 0.717) is 12.5 Å². The van der Waals surface area contributed by atoms with Gasteiger partial charge >= 0.3 is 0 Å². The van der Waals surface area contributed by atoms with Gasteiger partial charge in [-0.2, -0.15) is 9.57 Å². The summed E-state index contributed by atoms with van der Waals surface area (Å²) in [5.74, 6) is 0.387. The van der Waals surface area contributed by atoms with Gasteiger partial charge in [0, 0.05) is 19.6 Å². The molecule has 0 amide bonds. The third-order valence-corrected chi connectivity index (χ3v) is 5.66. The summed E-state index contributed by atoms with van der Waals surface area (Å²) in [6.07, 6.45) is 2.37. The van der Waals surface area contributed by atoms with E-state index in [4.69, 9.17) is 11.0 Å². The Bertz CT molecular complexity index is 600. The molecule has 2 N–H and O–H groups in total. The smallest absolute Gasteiger partial charge is 0.243 e. The molecule has 20 heavy (non-hydrogen) atoms. The maximum Gasteiger partial charge on any atom is 0.243 e. The average molecular weight is 293 g/mol. The molecule has 1 atom stereocenters. The van der Waals surface area contributed by atoms with Crippen molar-refractivity contribution in [1.82, 2.24) is 4.31 Å². The lowest BCUT2D eigenvalue weighted by atomic mass is 10.2. The normalized spacial score (nSPS) is 16.9. The summed E-state index contributed by atoms with van der Waals surface area (Å²) in [5, 5.41) is 8.62. The van der Waals surface area contributed by atoms with Gasteiger partial charge in [-0.1, -0.05) is 12.1 Å². The van der Waals surface area contributed by atoms with Crippen LogP contribution in [0.3, 0.4) is 0 Å². The van der Waals surface area contributed by atoms with Gasteiger partial charge in [0.25, 0.3) is 0 Å². The van der Waals surface area contributed by atoms with Crippen molar-refractivity contribution < 1.29 is 8.42 Å². The fraction of sp³-hybridized carbons (Fsp3) is 0.500. The Balaban J connectivity index is 2.22. The molecule has 5 nitrogen and oxygen atoms in total. The van der Waals surface area contributed by atoms with Gasteiger partial charge in [-0.15, -0.1) is 0 Å². The summed E-state index contributed by atoms with van der Waals surface area (Å²) in [4.78, 5) is 0.251. The van der Waals surface area contributed by atoms with E-state index in [1.165, 1.54) is 4.31 Å². The van der Waals surface area contributed by atoms with E-state index in [1.54, 1.807) is 31.3 Å². The van der Waals surface area contributed by atoms with Crippen molar-refractivity contribution in [1.29, 1.82) is 5.26 Å². The lowest BCUT2D eigenvalue weighted by Crippen LogP contribution is -2.43. The number of sulfonamides is 1. The Morgan fingerprint density at radius 3 is 2.45 bits per heavy atom. The zero-order valence-electron chi connectivity index (χ0n) is 11.5. The van der Waals surface area contributed by atoms with Crippen LogP contribution in [0.15, 0.2) is 29.2 Å². The maximum absolute atomic E-state index is 12.5. The molecule has 0 bridgehead atoms. The van der Waals surface area contributed by atoms with E-state index in [1.807, 2.05) is 6.07 Å². The molecular weight excluding hydrogens is 274 g/mol. The molecular formula is C14H19N3O2S. The molecule has 1 aromatic carbocycles. The minimum absolute atomic E-state index is 0.126. The van der Waals surface area contributed by atoms with Crippen molar-refractivity contribution in [2.24, 2.45) is 11.7 Å². The fourth-order valence-electron chi connectivity index (χ4n) is 2.33. The Labute approximate surface area is 120 Å². The number of likely N-dealkylation sites (N-methyl/N-ethyl adjacent to an activating group) is 1. The number of rotatable bonds is 6. The van der Waals surface area contributed by atoms with Crippen molar-refractivity contribution in [2.45, 2.75) is 30.2 Å². The Hall–Kier alpha value is -1.42. The molecule has 0 aliphatic heterocycles. The van der Waals surface area contributed by atoms with E-state index < -0.39 is 10.0 Å². The molecule has 1 aromatic rings. The lowest BCUT2D eigenvalue weighted by Gasteiger charge is -2.26. The number of nitrogens with zero attached hydrogens (tertiary/aromatic N) is 2. The highest BCUT2D eigenvalue weighted by Gasteiger charge is 2.38. The molecule has 1 saturated carbocycles. The molecule has 1 aliphatic rings. The Morgan fingerprint density at radius 1 is 1.40 bits per heavy atom. The van der Waals surface area contributed by atoms with Crippen LogP contribution in [0.5, 0.6) is 0 Å². The first-order chi connectivity index (χ1) is 9.50. The molecule has 0 heterocycles. The van der Waals surface area contributed by atoms with Gasteiger partial charge in [0.05, 0.1) is 17.4 Å². The molecule has 0 aromatic heterocycles. The first-order valence-corrected chi connectivity index (χ1v) is 8.08. The third-order valence-electron chi connectivity index (χ3n) is 3.76. The predicted octanol–water partition coefficient (Wildman–Crippen LogP) is 1.11. The van der Waals surface area contributed by atoms with Gasteiger partial charge in [-0.05, 0) is 36.5 Å². The van der Waals surface area contributed by atoms with Gasteiger partial charge in [0.2, 0.25) is 10.0 Å². The summed E-state index contributed by atoms with van der Waals surface area (Å²) in [6, 6.07) is 8.38. The van der Waals surface area contributed by atoms with E-state index in [2.05, 4.69) is 0 Å². The van der Waals surface area contributed by atoms with Crippen molar-refractivity contribution in [3.05, 3.63) is 29.8 Å². The van der Waals surface area contributed by atoms with Crippen LogP contribution in [-0.4, -0.2) is 32.4 Å². The summed E-state index contributed by atoms with van der Waals surface area (Å²) in [7, 11) is -1.92. The molecule has 2 rings (SSSR count). The SMILES string of the molecule is CN(C(CN)C1CC1)S(=O)(=O)c1ccc(CC#N)cc1. The van der Waals surface area contributed by atoms with E-state index in [-0.39, 0.29) is 17.4 Å². The van der Waals surface area contributed by atoms with Crippen LogP contribution < -0.4 is 5.73 Å². The Morgan fingerprint density at radius 2 is 2.00 bits per heavy atom. The molecule has 0 spiro atoms. The van der Waals surface area contributed by atoms with Gasteiger partial charge in [0.1, 0.15) is 0 Å². The van der Waals surface area contributed by atoms with Gasteiger partial charge in [-0.3, -0.25) is 0 Å².